The highest BCUT2D eigenvalue weighted by atomic mass is 16.4. The molecule has 0 aromatic rings. The van der Waals surface area contributed by atoms with Crippen LogP contribution in [-0.2, 0) is 14.4 Å². The molecule has 18 heavy (non-hydrogen) atoms. The zero-order valence-electron chi connectivity index (χ0n) is 10.8. The molecule has 0 aromatic carbocycles. The van der Waals surface area contributed by atoms with Crippen LogP contribution in [0.4, 0.5) is 0 Å². The molecular weight excluding hydrogens is 236 g/mol. The number of carboxylic acids is 1. The van der Waals surface area contributed by atoms with Gasteiger partial charge in [-0.3, -0.25) is 25.2 Å². The summed E-state index contributed by atoms with van der Waals surface area (Å²) in [7, 11) is 0. The average Bonchev–Trinajstić information content (AvgIpc) is 3.16. The number of hydrogen-bond donors (Lipinski definition) is 3. The molecule has 1 saturated carbocycles. The molecule has 0 aliphatic heterocycles. The first kappa shape index (κ1) is 14.5. The van der Waals surface area contributed by atoms with Gasteiger partial charge in [0.15, 0.2) is 0 Å². The third-order valence-corrected chi connectivity index (χ3v) is 3.58. The Labute approximate surface area is 106 Å². The van der Waals surface area contributed by atoms with Crippen LogP contribution in [0.2, 0.25) is 0 Å². The summed E-state index contributed by atoms with van der Waals surface area (Å²) in [5.41, 5.74) is 3.56. The average molecular weight is 256 g/mol. The van der Waals surface area contributed by atoms with Crippen molar-refractivity contribution in [3.05, 3.63) is 0 Å². The summed E-state index contributed by atoms with van der Waals surface area (Å²) < 4.78 is 0. The fourth-order valence-electron chi connectivity index (χ4n) is 1.81. The molecule has 102 valence electrons. The summed E-state index contributed by atoms with van der Waals surface area (Å²) in [6.45, 7) is 3.49. The third kappa shape index (κ3) is 3.45. The second-order valence-corrected chi connectivity index (χ2v) is 4.78. The predicted octanol–water partition coefficient (Wildman–Crippen LogP) is 0.825. The lowest BCUT2D eigenvalue weighted by atomic mass is 9.79. The number of rotatable bonds is 6. The lowest BCUT2D eigenvalue weighted by molar-refractivity contribution is -0.152. The molecule has 1 fully saturated rings. The van der Waals surface area contributed by atoms with E-state index in [1.165, 1.54) is 0 Å². The van der Waals surface area contributed by atoms with E-state index in [0.717, 1.165) is 12.8 Å². The number of hydrazine groups is 1. The SMILES string of the molecule is CCC(CC)(CC(=O)NNC(=O)C1CC1)C(=O)O. The Kier molecular flexibility index (Phi) is 4.69. The highest BCUT2D eigenvalue weighted by molar-refractivity contribution is 5.87. The van der Waals surface area contributed by atoms with Crippen LogP contribution in [0.15, 0.2) is 0 Å². The van der Waals surface area contributed by atoms with Crippen LogP contribution in [-0.4, -0.2) is 22.9 Å². The Morgan fingerprint density at radius 2 is 1.72 bits per heavy atom. The molecule has 3 N–H and O–H groups in total. The van der Waals surface area contributed by atoms with E-state index >= 15 is 0 Å². The maximum Gasteiger partial charge on any atom is 0.310 e. The molecule has 0 radical (unpaired) electrons. The van der Waals surface area contributed by atoms with E-state index in [-0.39, 0.29) is 18.2 Å². The first-order valence-corrected chi connectivity index (χ1v) is 6.27. The van der Waals surface area contributed by atoms with Gasteiger partial charge in [0.2, 0.25) is 11.8 Å². The smallest absolute Gasteiger partial charge is 0.310 e. The van der Waals surface area contributed by atoms with E-state index in [4.69, 9.17) is 0 Å². The van der Waals surface area contributed by atoms with E-state index in [1.54, 1.807) is 13.8 Å². The Bertz CT molecular complexity index is 346. The molecular formula is C12H20N2O4. The van der Waals surface area contributed by atoms with Gasteiger partial charge in [-0.15, -0.1) is 0 Å². The molecule has 0 saturated heterocycles. The minimum Gasteiger partial charge on any atom is -0.481 e. The monoisotopic (exact) mass is 256 g/mol. The van der Waals surface area contributed by atoms with Crippen LogP contribution in [0, 0.1) is 11.3 Å². The quantitative estimate of drug-likeness (QED) is 0.613. The van der Waals surface area contributed by atoms with Gasteiger partial charge in [-0.05, 0) is 25.7 Å². The Morgan fingerprint density at radius 1 is 1.17 bits per heavy atom. The van der Waals surface area contributed by atoms with Crippen molar-refractivity contribution in [1.29, 1.82) is 0 Å². The van der Waals surface area contributed by atoms with E-state index in [0.29, 0.717) is 12.8 Å². The van der Waals surface area contributed by atoms with Gasteiger partial charge in [-0.1, -0.05) is 13.8 Å². The molecule has 1 aliphatic carbocycles. The number of nitrogens with one attached hydrogen (secondary N) is 2. The molecule has 1 rings (SSSR count). The predicted molar refractivity (Wildman–Crippen MR) is 64.3 cm³/mol. The van der Waals surface area contributed by atoms with E-state index in [2.05, 4.69) is 10.9 Å². The second-order valence-electron chi connectivity index (χ2n) is 4.78. The van der Waals surface area contributed by atoms with Crippen LogP contribution in [0.5, 0.6) is 0 Å². The van der Waals surface area contributed by atoms with Gasteiger partial charge >= 0.3 is 5.97 Å². The lowest BCUT2D eigenvalue weighted by Crippen LogP contribution is -2.45. The van der Waals surface area contributed by atoms with Gasteiger partial charge in [0.1, 0.15) is 0 Å². The first-order valence-electron chi connectivity index (χ1n) is 6.27. The molecule has 6 heteroatoms. The van der Waals surface area contributed by atoms with Crippen molar-refractivity contribution >= 4 is 17.8 Å². The van der Waals surface area contributed by atoms with Crippen molar-refractivity contribution in [2.75, 3.05) is 0 Å². The number of carboxylic acid groups (broad SMARTS) is 1. The van der Waals surface area contributed by atoms with Crippen LogP contribution in [0.1, 0.15) is 46.0 Å². The number of hydrogen-bond acceptors (Lipinski definition) is 3. The van der Waals surface area contributed by atoms with Crippen molar-refractivity contribution in [3.8, 4) is 0 Å². The van der Waals surface area contributed by atoms with E-state index in [1.807, 2.05) is 0 Å². The minimum atomic E-state index is -1.05. The minimum absolute atomic E-state index is 0.00637. The van der Waals surface area contributed by atoms with Gasteiger partial charge in [-0.25, -0.2) is 0 Å². The molecule has 0 aromatic heterocycles. The van der Waals surface area contributed by atoms with Gasteiger partial charge < -0.3 is 5.11 Å². The zero-order valence-corrected chi connectivity index (χ0v) is 10.8. The van der Waals surface area contributed by atoms with Crippen molar-refractivity contribution < 1.29 is 19.5 Å². The molecule has 1 aliphatic rings. The summed E-state index contributed by atoms with van der Waals surface area (Å²) in [5.74, 6) is -1.63. The number of carbonyl (C=O) groups excluding carboxylic acids is 2. The second kappa shape index (κ2) is 5.84. The van der Waals surface area contributed by atoms with Gasteiger partial charge in [-0.2, -0.15) is 0 Å². The van der Waals surface area contributed by atoms with Crippen LogP contribution in [0.25, 0.3) is 0 Å². The Hall–Kier alpha value is -1.59. The van der Waals surface area contributed by atoms with Crippen molar-refractivity contribution in [1.82, 2.24) is 10.9 Å². The maximum absolute atomic E-state index is 11.6. The van der Waals surface area contributed by atoms with Gasteiger partial charge in [0.25, 0.3) is 0 Å². The molecule has 0 atom stereocenters. The van der Waals surface area contributed by atoms with Crippen molar-refractivity contribution in [2.24, 2.45) is 11.3 Å². The van der Waals surface area contributed by atoms with Crippen molar-refractivity contribution in [3.63, 3.8) is 0 Å². The molecule has 2 amide bonds. The fourth-order valence-corrected chi connectivity index (χ4v) is 1.81. The summed E-state index contributed by atoms with van der Waals surface area (Å²) in [5, 5.41) is 9.18. The Balaban J connectivity index is 2.45. The number of amides is 2. The number of aliphatic carboxylic acids is 1. The normalized spacial score (nSPS) is 15.0. The summed E-state index contributed by atoms with van der Waals surface area (Å²) in [6.07, 6.45) is 2.33. The Morgan fingerprint density at radius 3 is 2.11 bits per heavy atom. The van der Waals surface area contributed by atoms with Crippen LogP contribution in [0.3, 0.4) is 0 Å². The topological polar surface area (TPSA) is 95.5 Å². The third-order valence-electron chi connectivity index (χ3n) is 3.58. The van der Waals surface area contributed by atoms with Crippen LogP contribution >= 0.6 is 0 Å². The maximum atomic E-state index is 11.6. The van der Waals surface area contributed by atoms with E-state index < -0.39 is 17.3 Å². The number of carbonyl (C=O) groups is 3. The first-order chi connectivity index (χ1) is 8.45. The largest absolute Gasteiger partial charge is 0.481 e. The molecule has 0 spiro atoms. The summed E-state index contributed by atoms with van der Waals surface area (Å²) in [6, 6.07) is 0. The van der Waals surface area contributed by atoms with Gasteiger partial charge in [0, 0.05) is 12.3 Å². The van der Waals surface area contributed by atoms with Crippen LogP contribution < -0.4 is 10.9 Å². The highest BCUT2D eigenvalue weighted by Gasteiger charge is 2.37. The molecule has 0 heterocycles. The van der Waals surface area contributed by atoms with Crippen molar-refractivity contribution in [2.45, 2.75) is 46.0 Å². The lowest BCUT2D eigenvalue weighted by Gasteiger charge is -2.25. The molecule has 6 nitrogen and oxygen atoms in total. The van der Waals surface area contributed by atoms with E-state index in [9.17, 15) is 19.5 Å². The zero-order chi connectivity index (χ0) is 13.8. The standard InChI is InChI=1S/C12H20N2O4/c1-3-12(4-2,11(17)18)7-9(15)13-14-10(16)8-5-6-8/h8H,3-7H2,1-2H3,(H,13,15)(H,14,16)(H,17,18). The fraction of sp³-hybridized carbons (Fsp3) is 0.750. The molecule has 0 unspecified atom stereocenters. The van der Waals surface area contributed by atoms with Gasteiger partial charge in [0.05, 0.1) is 5.41 Å². The highest BCUT2D eigenvalue weighted by Crippen LogP contribution is 2.31. The summed E-state index contributed by atoms with van der Waals surface area (Å²) >= 11 is 0. The molecule has 0 bridgehead atoms. The summed E-state index contributed by atoms with van der Waals surface area (Å²) in [4.78, 5) is 34.2.